The lowest BCUT2D eigenvalue weighted by molar-refractivity contribution is -0.126. The number of aryl methyl sites for hydroxylation is 1. The highest BCUT2D eigenvalue weighted by Gasteiger charge is 2.36. The number of phenolic OH excluding ortho intramolecular Hbond substituents is 1. The first-order chi connectivity index (χ1) is 11.5. The Balaban J connectivity index is 1.50. The molecule has 1 saturated heterocycles. The molecule has 2 heterocycles. The molecule has 0 radical (unpaired) electrons. The van der Waals surface area contributed by atoms with Crippen molar-refractivity contribution >= 4 is 28.3 Å². The third-order valence-corrected chi connectivity index (χ3v) is 4.75. The van der Waals surface area contributed by atoms with Crippen molar-refractivity contribution in [1.29, 1.82) is 0 Å². The number of benzene rings is 1. The third-order valence-electron chi connectivity index (χ3n) is 3.89. The molecule has 2 N–H and O–H groups in total. The van der Waals surface area contributed by atoms with Crippen LogP contribution in [0.1, 0.15) is 17.0 Å². The number of carbonyl (C=O) groups excluding carboxylic acids is 2. The first-order valence-corrected chi connectivity index (χ1v) is 8.50. The predicted octanol–water partition coefficient (Wildman–Crippen LogP) is 1.26. The molecule has 1 aliphatic rings. The van der Waals surface area contributed by atoms with Crippen LogP contribution in [0, 0.1) is 12.8 Å². The maximum atomic E-state index is 12.3. The van der Waals surface area contributed by atoms with Crippen LogP contribution in [-0.2, 0) is 16.0 Å². The maximum Gasteiger partial charge on any atom is 0.229 e. The van der Waals surface area contributed by atoms with Crippen LogP contribution in [0.2, 0.25) is 0 Å². The van der Waals surface area contributed by atoms with Crippen molar-refractivity contribution in [2.24, 2.45) is 5.92 Å². The molecular formula is C16H18N4O3S. The highest BCUT2D eigenvalue weighted by molar-refractivity contribution is 7.15. The number of aromatic hydroxyl groups is 1. The van der Waals surface area contributed by atoms with Gasteiger partial charge < -0.3 is 10.4 Å². The van der Waals surface area contributed by atoms with Gasteiger partial charge >= 0.3 is 0 Å². The number of anilines is 1. The van der Waals surface area contributed by atoms with E-state index in [1.165, 1.54) is 16.2 Å². The Hall–Kier alpha value is -2.48. The Morgan fingerprint density at radius 2 is 2.12 bits per heavy atom. The summed E-state index contributed by atoms with van der Waals surface area (Å²) in [7, 11) is 0. The average molecular weight is 346 g/mol. The summed E-state index contributed by atoms with van der Waals surface area (Å²) in [6.45, 7) is 2.67. The number of hydrogen-bond donors (Lipinski definition) is 2. The van der Waals surface area contributed by atoms with E-state index in [-0.39, 0.29) is 29.9 Å². The fourth-order valence-electron chi connectivity index (χ4n) is 2.60. The van der Waals surface area contributed by atoms with Gasteiger partial charge in [-0.25, -0.2) is 0 Å². The number of aromatic nitrogens is 2. The van der Waals surface area contributed by atoms with E-state index in [4.69, 9.17) is 0 Å². The molecule has 8 heteroatoms. The molecule has 0 aliphatic carbocycles. The molecule has 2 aromatic rings. The largest absolute Gasteiger partial charge is 0.508 e. The molecule has 7 nitrogen and oxygen atoms in total. The maximum absolute atomic E-state index is 12.3. The van der Waals surface area contributed by atoms with E-state index in [0.717, 1.165) is 10.6 Å². The second-order valence-corrected chi connectivity index (χ2v) is 6.88. The van der Waals surface area contributed by atoms with Gasteiger partial charge in [-0.1, -0.05) is 23.5 Å². The first kappa shape index (κ1) is 16.4. The highest BCUT2D eigenvalue weighted by atomic mass is 32.1. The number of nitrogens with zero attached hydrogens (tertiary/aromatic N) is 3. The molecule has 0 bridgehead atoms. The standard InChI is InChI=1S/C16H18N4O3S/c1-10-18-19-16(24-10)20-9-12(8-14(20)22)15(23)17-7-6-11-2-4-13(21)5-3-11/h2-5,12,21H,6-9H2,1H3,(H,17,23). The fourth-order valence-corrected chi connectivity index (χ4v) is 3.31. The second kappa shape index (κ2) is 6.96. The minimum Gasteiger partial charge on any atom is -0.508 e. The van der Waals surface area contributed by atoms with Crippen molar-refractivity contribution in [1.82, 2.24) is 15.5 Å². The monoisotopic (exact) mass is 346 g/mol. The summed E-state index contributed by atoms with van der Waals surface area (Å²) in [6.07, 6.45) is 0.871. The van der Waals surface area contributed by atoms with Crippen molar-refractivity contribution in [2.45, 2.75) is 19.8 Å². The van der Waals surface area contributed by atoms with Crippen molar-refractivity contribution in [3.63, 3.8) is 0 Å². The lowest BCUT2D eigenvalue weighted by atomic mass is 10.1. The lowest BCUT2D eigenvalue weighted by Gasteiger charge is -2.12. The zero-order chi connectivity index (χ0) is 17.1. The molecule has 1 unspecified atom stereocenters. The van der Waals surface area contributed by atoms with E-state index in [1.54, 1.807) is 12.1 Å². The van der Waals surface area contributed by atoms with Gasteiger partial charge in [-0.2, -0.15) is 0 Å². The second-order valence-electron chi connectivity index (χ2n) is 5.72. The van der Waals surface area contributed by atoms with Crippen LogP contribution in [0.5, 0.6) is 5.75 Å². The first-order valence-electron chi connectivity index (χ1n) is 7.69. The summed E-state index contributed by atoms with van der Waals surface area (Å²) in [6, 6.07) is 6.88. The molecule has 1 aliphatic heterocycles. The van der Waals surface area contributed by atoms with Gasteiger partial charge in [-0.3, -0.25) is 14.5 Å². The van der Waals surface area contributed by atoms with Gasteiger partial charge in [0.25, 0.3) is 0 Å². The van der Waals surface area contributed by atoms with Crippen LogP contribution < -0.4 is 10.2 Å². The quantitative estimate of drug-likeness (QED) is 0.850. The molecule has 1 aromatic carbocycles. The van der Waals surface area contributed by atoms with Crippen molar-refractivity contribution in [3.05, 3.63) is 34.8 Å². The molecule has 2 amide bonds. The normalized spacial score (nSPS) is 17.3. The van der Waals surface area contributed by atoms with Crippen molar-refractivity contribution < 1.29 is 14.7 Å². The van der Waals surface area contributed by atoms with Gasteiger partial charge in [0.1, 0.15) is 10.8 Å². The summed E-state index contributed by atoms with van der Waals surface area (Å²) in [5, 5.41) is 21.3. The molecule has 1 fully saturated rings. The molecule has 0 saturated carbocycles. The number of carbonyl (C=O) groups is 2. The predicted molar refractivity (Wildman–Crippen MR) is 89.9 cm³/mol. The van der Waals surface area contributed by atoms with E-state index < -0.39 is 0 Å². The summed E-state index contributed by atoms with van der Waals surface area (Å²) in [4.78, 5) is 25.9. The minimum absolute atomic E-state index is 0.0927. The Morgan fingerprint density at radius 3 is 2.79 bits per heavy atom. The molecule has 0 spiro atoms. The summed E-state index contributed by atoms with van der Waals surface area (Å²) < 4.78 is 0. The number of rotatable bonds is 5. The zero-order valence-electron chi connectivity index (χ0n) is 13.2. The van der Waals surface area contributed by atoms with Crippen LogP contribution in [0.15, 0.2) is 24.3 Å². The van der Waals surface area contributed by atoms with E-state index in [1.807, 2.05) is 19.1 Å². The smallest absolute Gasteiger partial charge is 0.229 e. The molecule has 126 valence electrons. The van der Waals surface area contributed by atoms with Gasteiger partial charge in [0.05, 0.1) is 5.92 Å². The molecule has 1 aromatic heterocycles. The Kier molecular flexibility index (Phi) is 4.75. The van der Waals surface area contributed by atoms with E-state index in [2.05, 4.69) is 15.5 Å². The van der Waals surface area contributed by atoms with Crippen LogP contribution in [-0.4, -0.2) is 40.2 Å². The Bertz CT molecular complexity index is 744. The zero-order valence-corrected chi connectivity index (χ0v) is 14.0. The summed E-state index contributed by atoms with van der Waals surface area (Å²) >= 11 is 1.35. The van der Waals surface area contributed by atoms with Crippen LogP contribution in [0.4, 0.5) is 5.13 Å². The minimum atomic E-state index is -0.360. The number of phenols is 1. The van der Waals surface area contributed by atoms with Gasteiger partial charge in [-0.15, -0.1) is 10.2 Å². The number of hydrogen-bond acceptors (Lipinski definition) is 6. The topological polar surface area (TPSA) is 95.4 Å². The van der Waals surface area contributed by atoms with E-state index in [9.17, 15) is 14.7 Å². The fraction of sp³-hybridized carbons (Fsp3) is 0.375. The van der Waals surface area contributed by atoms with Gasteiger partial charge in [0, 0.05) is 19.5 Å². The van der Waals surface area contributed by atoms with Crippen LogP contribution >= 0.6 is 11.3 Å². The SMILES string of the molecule is Cc1nnc(N2CC(C(=O)NCCc3ccc(O)cc3)CC2=O)s1. The van der Waals surface area contributed by atoms with Crippen LogP contribution in [0.25, 0.3) is 0 Å². The van der Waals surface area contributed by atoms with Crippen molar-refractivity contribution in [2.75, 3.05) is 18.0 Å². The molecule has 3 rings (SSSR count). The lowest BCUT2D eigenvalue weighted by Crippen LogP contribution is -2.34. The summed E-state index contributed by atoms with van der Waals surface area (Å²) in [5.74, 6) is -0.350. The highest BCUT2D eigenvalue weighted by Crippen LogP contribution is 2.27. The number of nitrogens with one attached hydrogen (secondary N) is 1. The molecular weight excluding hydrogens is 328 g/mol. The van der Waals surface area contributed by atoms with Gasteiger partial charge in [0.2, 0.25) is 16.9 Å². The Morgan fingerprint density at radius 1 is 1.38 bits per heavy atom. The summed E-state index contributed by atoms with van der Waals surface area (Å²) in [5.41, 5.74) is 1.03. The van der Waals surface area contributed by atoms with Gasteiger partial charge in [0.15, 0.2) is 0 Å². The molecule has 1 atom stereocenters. The molecule has 24 heavy (non-hydrogen) atoms. The van der Waals surface area contributed by atoms with E-state index >= 15 is 0 Å². The third kappa shape index (κ3) is 3.70. The van der Waals surface area contributed by atoms with Gasteiger partial charge in [-0.05, 0) is 31.0 Å². The average Bonchev–Trinajstić information content (AvgIpc) is 3.15. The van der Waals surface area contributed by atoms with E-state index in [0.29, 0.717) is 24.6 Å². The van der Waals surface area contributed by atoms with Crippen LogP contribution in [0.3, 0.4) is 0 Å². The Labute approximate surface area is 143 Å². The number of amides is 2. The van der Waals surface area contributed by atoms with Crippen molar-refractivity contribution in [3.8, 4) is 5.75 Å².